The van der Waals surface area contributed by atoms with E-state index in [4.69, 9.17) is 4.74 Å². The molecular formula is C21H24N4O3S2. The number of aliphatic hydroxyl groups is 1. The van der Waals surface area contributed by atoms with Gasteiger partial charge in [0.15, 0.2) is 5.78 Å². The predicted octanol–water partition coefficient (Wildman–Crippen LogP) is 3.29. The van der Waals surface area contributed by atoms with Crippen LogP contribution in [0, 0.1) is 6.92 Å². The molecule has 1 saturated heterocycles. The first-order valence-corrected chi connectivity index (χ1v) is 11.5. The van der Waals surface area contributed by atoms with E-state index in [9.17, 15) is 9.90 Å². The number of aryl methyl sites for hydroxylation is 1. The number of carbonyl (C=O) groups excluding carboxylic acids is 1. The quantitative estimate of drug-likeness (QED) is 0.352. The number of thioether (sulfide) groups is 1. The lowest BCUT2D eigenvalue weighted by atomic mass is 9.92. The number of aromatic nitrogens is 3. The molecule has 2 aromatic heterocycles. The summed E-state index contributed by atoms with van der Waals surface area (Å²) in [6.45, 7) is 3.48. The fraction of sp³-hybridized carbons (Fsp3) is 0.429. The monoisotopic (exact) mass is 444 g/mol. The minimum Gasteiger partial charge on any atom is -0.497 e. The number of hydrogen-bond donors (Lipinski definition) is 1. The Morgan fingerprint density at radius 3 is 2.83 bits per heavy atom. The smallest absolute Gasteiger partial charge is 0.184 e. The highest BCUT2D eigenvalue weighted by Gasteiger charge is 2.36. The Balaban J connectivity index is 1.50. The van der Waals surface area contributed by atoms with Gasteiger partial charge in [-0.2, -0.15) is 0 Å². The van der Waals surface area contributed by atoms with E-state index < -0.39 is 5.60 Å². The largest absolute Gasteiger partial charge is 0.497 e. The van der Waals surface area contributed by atoms with E-state index in [1.165, 1.54) is 23.1 Å². The highest BCUT2D eigenvalue weighted by atomic mass is 32.2. The Morgan fingerprint density at radius 1 is 1.33 bits per heavy atom. The number of nitrogens with zero attached hydrogens (tertiary/aromatic N) is 4. The Kier molecular flexibility index (Phi) is 6.06. The van der Waals surface area contributed by atoms with E-state index in [2.05, 4.69) is 19.9 Å². The molecule has 4 rings (SSSR count). The van der Waals surface area contributed by atoms with E-state index in [0.29, 0.717) is 28.6 Å². The maximum atomic E-state index is 12.8. The highest BCUT2D eigenvalue weighted by molar-refractivity contribution is 8.00. The van der Waals surface area contributed by atoms with Crippen molar-refractivity contribution in [3.8, 4) is 5.75 Å². The van der Waals surface area contributed by atoms with Crippen molar-refractivity contribution in [3.05, 3.63) is 40.1 Å². The Hall–Kier alpha value is -2.07. The standard InChI is InChI=1S/C21H24N4O3S2/c1-13-23-16-5-4-14(28-3)10-15(16)19(24-13)29-12-17(26)18-11-22-20(30-18)21(27)6-8-25(2)9-7-21/h4-5,10-11,27H,6-9,12H2,1-3H3. The van der Waals surface area contributed by atoms with E-state index in [0.717, 1.165) is 34.8 Å². The lowest BCUT2D eigenvalue weighted by Crippen LogP contribution is -2.40. The number of Topliss-reactive ketones (excluding diaryl/α,β-unsaturated/α-hetero) is 1. The average molecular weight is 445 g/mol. The minimum atomic E-state index is -0.931. The third kappa shape index (κ3) is 4.34. The molecule has 1 aliphatic rings. The Morgan fingerprint density at radius 2 is 2.10 bits per heavy atom. The van der Waals surface area contributed by atoms with Gasteiger partial charge in [-0.25, -0.2) is 15.0 Å². The van der Waals surface area contributed by atoms with Gasteiger partial charge in [0, 0.05) is 24.7 Å². The zero-order chi connectivity index (χ0) is 21.3. The van der Waals surface area contributed by atoms with Crippen LogP contribution in [-0.2, 0) is 5.60 Å². The van der Waals surface area contributed by atoms with Crippen LogP contribution in [0.2, 0.25) is 0 Å². The van der Waals surface area contributed by atoms with Crippen molar-refractivity contribution in [2.24, 2.45) is 0 Å². The van der Waals surface area contributed by atoms with Crippen LogP contribution in [0.5, 0.6) is 5.75 Å². The first kappa shape index (κ1) is 21.2. The minimum absolute atomic E-state index is 0.0208. The van der Waals surface area contributed by atoms with Crippen molar-refractivity contribution in [3.63, 3.8) is 0 Å². The number of ether oxygens (including phenoxy) is 1. The van der Waals surface area contributed by atoms with E-state index in [1.54, 1.807) is 13.3 Å². The van der Waals surface area contributed by atoms with Gasteiger partial charge in [-0.15, -0.1) is 11.3 Å². The second-order valence-electron chi connectivity index (χ2n) is 7.54. The molecule has 3 aromatic rings. The number of thiazole rings is 1. The van der Waals surface area contributed by atoms with Crippen molar-refractivity contribution >= 4 is 39.8 Å². The van der Waals surface area contributed by atoms with Crippen molar-refractivity contribution < 1.29 is 14.6 Å². The number of piperidine rings is 1. The fourth-order valence-electron chi connectivity index (χ4n) is 3.45. The van der Waals surface area contributed by atoms with E-state index in [1.807, 2.05) is 32.2 Å². The third-order valence-corrected chi connectivity index (χ3v) is 7.54. The van der Waals surface area contributed by atoms with Crippen LogP contribution in [0.4, 0.5) is 0 Å². The fourth-order valence-corrected chi connectivity index (χ4v) is 5.48. The van der Waals surface area contributed by atoms with Crippen molar-refractivity contribution in [2.45, 2.75) is 30.4 Å². The summed E-state index contributed by atoms with van der Waals surface area (Å²) in [6.07, 6.45) is 2.85. The molecule has 1 N–H and O–H groups in total. The van der Waals surface area contributed by atoms with Gasteiger partial charge in [-0.3, -0.25) is 4.79 Å². The zero-order valence-corrected chi connectivity index (χ0v) is 18.8. The van der Waals surface area contributed by atoms with Crippen LogP contribution < -0.4 is 4.74 Å². The lowest BCUT2D eigenvalue weighted by molar-refractivity contribution is -0.0204. The van der Waals surface area contributed by atoms with Crippen molar-refractivity contribution in [1.29, 1.82) is 0 Å². The Labute approximate surface area is 183 Å². The molecule has 0 spiro atoms. The summed E-state index contributed by atoms with van der Waals surface area (Å²) in [5, 5.41) is 13.2. The lowest BCUT2D eigenvalue weighted by Gasteiger charge is -2.34. The van der Waals surface area contributed by atoms with Crippen molar-refractivity contribution in [2.75, 3.05) is 33.0 Å². The van der Waals surface area contributed by atoms with Crippen LogP contribution in [-0.4, -0.2) is 63.7 Å². The molecule has 30 heavy (non-hydrogen) atoms. The molecule has 1 aromatic carbocycles. The van der Waals surface area contributed by atoms with Gasteiger partial charge in [-0.05, 0) is 45.0 Å². The summed E-state index contributed by atoms with van der Waals surface area (Å²) in [4.78, 5) is 28.9. The molecule has 0 amide bonds. The second kappa shape index (κ2) is 8.58. The van der Waals surface area contributed by atoms with Crippen LogP contribution in [0.25, 0.3) is 10.9 Å². The molecular weight excluding hydrogens is 420 g/mol. The SMILES string of the molecule is COc1ccc2nc(C)nc(SCC(=O)c3cnc(C4(O)CCN(C)CC4)s3)c2c1. The average Bonchev–Trinajstić information content (AvgIpc) is 3.25. The number of carbonyl (C=O) groups is 1. The molecule has 1 aliphatic heterocycles. The summed E-state index contributed by atoms with van der Waals surface area (Å²) in [6, 6.07) is 5.65. The predicted molar refractivity (Wildman–Crippen MR) is 119 cm³/mol. The highest BCUT2D eigenvalue weighted by Crippen LogP contribution is 2.35. The second-order valence-corrected chi connectivity index (χ2v) is 9.53. The van der Waals surface area contributed by atoms with Crippen LogP contribution in [0.3, 0.4) is 0 Å². The van der Waals surface area contributed by atoms with Crippen LogP contribution in [0.1, 0.15) is 33.3 Å². The molecule has 158 valence electrons. The number of ketones is 1. The van der Waals surface area contributed by atoms with Gasteiger partial charge in [0.2, 0.25) is 0 Å². The van der Waals surface area contributed by atoms with Crippen LogP contribution >= 0.6 is 23.1 Å². The number of methoxy groups -OCH3 is 1. The summed E-state index contributed by atoms with van der Waals surface area (Å²) >= 11 is 2.68. The maximum absolute atomic E-state index is 12.8. The number of likely N-dealkylation sites (tertiary alicyclic amines) is 1. The zero-order valence-electron chi connectivity index (χ0n) is 17.2. The summed E-state index contributed by atoms with van der Waals surface area (Å²) < 4.78 is 5.31. The van der Waals surface area contributed by atoms with Gasteiger partial charge in [0.1, 0.15) is 27.2 Å². The molecule has 0 bridgehead atoms. The molecule has 0 unspecified atom stereocenters. The summed E-state index contributed by atoms with van der Waals surface area (Å²) in [5.74, 6) is 1.60. The molecule has 0 radical (unpaired) electrons. The molecule has 9 heteroatoms. The van der Waals surface area contributed by atoms with E-state index in [-0.39, 0.29) is 11.5 Å². The molecule has 3 heterocycles. The van der Waals surface area contributed by atoms with Crippen LogP contribution in [0.15, 0.2) is 29.4 Å². The van der Waals surface area contributed by atoms with Gasteiger partial charge < -0.3 is 14.7 Å². The number of rotatable bonds is 6. The van der Waals surface area contributed by atoms with Gasteiger partial charge in [0.25, 0.3) is 0 Å². The molecule has 0 saturated carbocycles. The van der Waals surface area contributed by atoms with Gasteiger partial charge >= 0.3 is 0 Å². The summed E-state index contributed by atoms with van der Waals surface area (Å²) in [7, 11) is 3.66. The first-order valence-electron chi connectivity index (χ1n) is 9.73. The molecule has 1 fully saturated rings. The normalized spacial score (nSPS) is 16.7. The number of fused-ring (bicyclic) bond motifs is 1. The van der Waals surface area contributed by atoms with E-state index >= 15 is 0 Å². The molecule has 0 aliphatic carbocycles. The molecule has 7 nitrogen and oxygen atoms in total. The van der Waals surface area contributed by atoms with Gasteiger partial charge in [-0.1, -0.05) is 11.8 Å². The Bertz CT molecular complexity index is 1080. The van der Waals surface area contributed by atoms with Crippen molar-refractivity contribution in [1.82, 2.24) is 19.9 Å². The summed E-state index contributed by atoms with van der Waals surface area (Å²) in [5.41, 5.74) is -0.109. The number of benzene rings is 1. The third-order valence-electron chi connectivity index (χ3n) is 5.31. The topological polar surface area (TPSA) is 88.4 Å². The molecule has 0 atom stereocenters. The maximum Gasteiger partial charge on any atom is 0.184 e. The number of hydrogen-bond acceptors (Lipinski definition) is 9. The van der Waals surface area contributed by atoms with Gasteiger partial charge in [0.05, 0.1) is 23.3 Å². The first-order chi connectivity index (χ1) is 14.4.